The maximum Gasteiger partial charge on any atom is 0.211 e. The normalized spacial score (nSPS) is 22.2. The number of nitrogens with one attached hydrogen (secondary N) is 2. The number of ether oxygens (including phenoxy) is 1. The molecule has 0 aromatic rings. The highest BCUT2D eigenvalue weighted by atomic mass is 32.2. The van der Waals surface area contributed by atoms with Crippen LogP contribution < -0.4 is 10.0 Å². The first kappa shape index (κ1) is 13.9. The van der Waals surface area contributed by atoms with E-state index in [2.05, 4.69) is 10.0 Å². The number of hydrogen-bond acceptors (Lipinski definition) is 4. The SMILES string of the molecule is CNCCCS(=O)(=O)NCC1CCCOC1. The van der Waals surface area contributed by atoms with Crippen molar-refractivity contribution < 1.29 is 13.2 Å². The number of rotatable bonds is 7. The van der Waals surface area contributed by atoms with E-state index in [1.54, 1.807) is 0 Å². The molecule has 0 aromatic heterocycles. The summed E-state index contributed by atoms with van der Waals surface area (Å²) in [6.45, 7) is 2.74. The van der Waals surface area contributed by atoms with Crippen molar-refractivity contribution in [3.63, 3.8) is 0 Å². The monoisotopic (exact) mass is 250 g/mol. The van der Waals surface area contributed by atoms with Gasteiger partial charge in [0.25, 0.3) is 0 Å². The molecule has 96 valence electrons. The summed E-state index contributed by atoms with van der Waals surface area (Å²) < 4.78 is 31.1. The highest BCUT2D eigenvalue weighted by Crippen LogP contribution is 2.12. The van der Waals surface area contributed by atoms with Gasteiger partial charge in [0, 0.05) is 13.2 Å². The van der Waals surface area contributed by atoms with E-state index in [9.17, 15) is 8.42 Å². The molecule has 0 radical (unpaired) electrons. The third kappa shape index (κ3) is 5.79. The summed E-state index contributed by atoms with van der Waals surface area (Å²) >= 11 is 0. The van der Waals surface area contributed by atoms with E-state index in [1.807, 2.05) is 7.05 Å². The molecular weight excluding hydrogens is 228 g/mol. The van der Waals surface area contributed by atoms with Crippen molar-refractivity contribution in [2.45, 2.75) is 19.3 Å². The molecule has 2 N–H and O–H groups in total. The average molecular weight is 250 g/mol. The minimum Gasteiger partial charge on any atom is -0.381 e. The fourth-order valence-electron chi connectivity index (χ4n) is 1.72. The molecule has 0 amide bonds. The lowest BCUT2D eigenvalue weighted by Crippen LogP contribution is -2.35. The lowest BCUT2D eigenvalue weighted by atomic mass is 10.0. The second-order valence-corrected chi connectivity index (χ2v) is 6.13. The van der Waals surface area contributed by atoms with Crippen LogP contribution in [-0.2, 0) is 14.8 Å². The Labute approximate surface area is 98.0 Å². The molecule has 0 aromatic carbocycles. The quantitative estimate of drug-likeness (QED) is 0.621. The van der Waals surface area contributed by atoms with Gasteiger partial charge in [-0.25, -0.2) is 13.1 Å². The van der Waals surface area contributed by atoms with Crippen LogP contribution in [0.3, 0.4) is 0 Å². The van der Waals surface area contributed by atoms with Crippen molar-refractivity contribution in [2.75, 3.05) is 39.1 Å². The summed E-state index contributed by atoms with van der Waals surface area (Å²) in [5.74, 6) is 0.536. The number of hydrogen-bond donors (Lipinski definition) is 2. The zero-order valence-corrected chi connectivity index (χ0v) is 10.7. The van der Waals surface area contributed by atoms with Crippen molar-refractivity contribution in [2.24, 2.45) is 5.92 Å². The van der Waals surface area contributed by atoms with Crippen LogP contribution >= 0.6 is 0 Å². The second kappa shape index (κ2) is 7.21. The van der Waals surface area contributed by atoms with Crippen molar-refractivity contribution in [1.29, 1.82) is 0 Å². The maximum atomic E-state index is 11.6. The largest absolute Gasteiger partial charge is 0.381 e. The standard InChI is InChI=1S/C10H22N2O3S/c1-11-5-3-7-16(13,14)12-8-10-4-2-6-15-9-10/h10-12H,2-9H2,1H3. The number of sulfonamides is 1. The molecule has 0 aliphatic carbocycles. The van der Waals surface area contributed by atoms with Crippen LogP contribution in [0.25, 0.3) is 0 Å². The highest BCUT2D eigenvalue weighted by Gasteiger charge is 2.17. The summed E-state index contributed by atoms with van der Waals surface area (Å²) in [7, 11) is -1.28. The Kier molecular flexibility index (Phi) is 6.26. The highest BCUT2D eigenvalue weighted by molar-refractivity contribution is 7.89. The lowest BCUT2D eigenvalue weighted by Gasteiger charge is -2.22. The summed E-state index contributed by atoms with van der Waals surface area (Å²) in [4.78, 5) is 0. The van der Waals surface area contributed by atoms with Gasteiger partial charge in [-0.2, -0.15) is 0 Å². The van der Waals surface area contributed by atoms with Crippen LogP contribution in [0.15, 0.2) is 0 Å². The van der Waals surface area contributed by atoms with Crippen molar-refractivity contribution >= 4 is 10.0 Å². The van der Waals surface area contributed by atoms with Gasteiger partial charge >= 0.3 is 0 Å². The van der Waals surface area contributed by atoms with Gasteiger partial charge in [-0.15, -0.1) is 0 Å². The van der Waals surface area contributed by atoms with Gasteiger partial charge in [0.1, 0.15) is 0 Å². The molecule has 1 fully saturated rings. The molecule has 1 heterocycles. The van der Waals surface area contributed by atoms with Crippen LogP contribution in [0, 0.1) is 5.92 Å². The molecule has 0 saturated carbocycles. The summed E-state index contributed by atoms with van der Waals surface area (Å²) in [6, 6.07) is 0. The predicted molar refractivity (Wildman–Crippen MR) is 63.9 cm³/mol. The van der Waals surface area contributed by atoms with Crippen molar-refractivity contribution in [3.8, 4) is 0 Å². The molecule has 1 rings (SSSR count). The molecule has 0 spiro atoms. The molecule has 1 aliphatic heterocycles. The van der Waals surface area contributed by atoms with E-state index >= 15 is 0 Å². The molecule has 1 atom stereocenters. The van der Waals surface area contributed by atoms with Gasteiger partial charge in [-0.05, 0) is 38.8 Å². The lowest BCUT2D eigenvalue weighted by molar-refractivity contribution is 0.0568. The van der Waals surface area contributed by atoms with Crippen LogP contribution in [0.4, 0.5) is 0 Å². The van der Waals surface area contributed by atoms with Gasteiger partial charge in [0.2, 0.25) is 10.0 Å². The smallest absolute Gasteiger partial charge is 0.211 e. The van der Waals surface area contributed by atoms with Gasteiger partial charge < -0.3 is 10.1 Å². The van der Waals surface area contributed by atoms with Gasteiger partial charge in [0.15, 0.2) is 0 Å². The Morgan fingerprint density at radius 3 is 2.88 bits per heavy atom. The Bertz CT molecular complexity index is 274. The fraction of sp³-hybridized carbons (Fsp3) is 1.00. The van der Waals surface area contributed by atoms with Gasteiger partial charge in [-0.3, -0.25) is 0 Å². The molecule has 1 unspecified atom stereocenters. The molecule has 0 bridgehead atoms. The first-order chi connectivity index (χ1) is 7.64. The van der Waals surface area contributed by atoms with E-state index in [4.69, 9.17) is 4.74 Å². The van der Waals surface area contributed by atoms with E-state index < -0.39 is 10.0 Å². The van der Waals surface area contributed by atoms with Crippen LogP contribution in [0.5, 0.6) is 0 Å². The van der Waals surface area contributed by atoms with Gasteiger partial charge in [-0.1, -0.05) is 0 Å². The van der Waals surface area contributed by atoms with Crippen LogP contribution in [0.2, 0.25) is 0 Å². The van der Waals surface area contributed by atoms with E-state index in [1.165, 1.54) is 0 Å². The van der Waals surface area contributed by atoms with Crippen LogP contribution in [0.1, 0.15) is 19.3 Å². The van der Waals surface area contributed by atoms with E-state index in [-0.39, 0.29) is 5.75 Å². The average Bonchev–Trinajstić information content (AvgIpc) is 2.28. The fourth-order valence-corrected chi connectivity index (χ4v) is 2.88. The Hall–Kier alpha value is -0.170. The predicted octanol–water partition coefficient (Wildman–Crippen LogP) is -0.0581. The molecule has 5 nitrogen and oxygen atoms in total. The molecule has 16 heavy (non-hydrogen) atoms. The Morgan fingerprint density at radius 2 is 2.25 bits per heavy atom. The third-order valence-electron chi connectivity index (χ3n) is 2.69. The zero-order chi connectivity index (χ0) is 11.9. The third-order valence-corrected chi connectivity index (χ3v) is 4.12. The minimum absolute atomic E-state index is 0.196. The first-order valence-corrected chi connectivity index (χ1v) is 7.49. The second-order valence-electron chi connectivity index (χ2n) is 4.21. The maximum absolute atomic E-state index is 11.6. The summed E-state index contributed by atoms with van der Waals surface area (Å²) in [6.07, 6.45) is 2.73. The summed E-state index contributed by atoms with van der Waals surface area (Å²) in [5.41, 5.74) is 0. The van der Waals surface area contributed by atoms with Crippen molar-refractivity contribution in [3.05, 3.63) is 0 Å². The first-order valence-electron chi connectivity index (χ1n) is 5.84. The zero-order valence-electron chi connectivity index (χ0n) is 9.87. The van der Waals surface area contributed by atoms with Gasteiger partial charge in [0.05, 0.1) is 12.4 Å². The molecule has 1 aliphatic rings. The Balaban J connectivity index is 2.18. The molecular formula is C10H22N2O3S. The van der Waals surface area contributed by atoms with Crippen molar-refractivity contribution in [1.82, 2.24) is 10.0 Å². The Morgan fingerprint density at radius 1 is 1.44 bits per heavy atom. The minimum atomic E-state index is -3.10. The molecule has 6 heteroatoms. The van der Waals surface area contributed by atoms with E-state index in [0.717, 1.165) is 26.0 Å². The van der Waals surface area contributed by atoms with Crippen LogP contribution in [-0.4, -0.2) is 47.5 Å². The van der Waals surface area contributed by atoms with E-state index in [0.29, 0.717) is 25.5 Å². The topological polar surface area (TPSA) is 67.4 Å². The summed E-state index contributed by atoms with van der Waals surface area (Å²) in [5, 5.41) is 2.93. The molecule has 1 saturated heterocycles.